The molecule has 4 heteroatoms. The lowest BCUT2D eigenvalue weighted by atomic mass is 10.0. The summed E-state index contributed by atoms with van der Waals surface area (Å²) in [5.41, 5.74) is 2.49. The molecular weight excluding hydrogens is 260 g/mol. The highest BCUT2D eigenvalue weighted by Gasteiger charge is 2.18. The highest BCUT2D eigenvalue weighted by Crippen LogP contribution is 2.17. The van der Waals surface area contributed by atoms with Crippen molar-refractivity contribution in [3.63, 3.8) is 0 Å². The number of hydrogen-bond donors (Lipinski definition) is 1. The van der Waals surface area contributed by atoms with Gasteiger partial charge in [0, 0.05) is 30.7 Å². The van der Waals surface area contributed by atoms with Crippen molar-refractivity contribution in [2.45, 2.75) is 31.8 Å². The van der Waals surface area contributed by atoms with Gasteiger partial charge < -0.3 is 10.2 Å². The van der Waals surface area contributed by atoms with Gasteiger partial charge in [0.05, 0.1) is 6.54 Å². The minimum absolute atomic E-state index is 0.661. The molecule has 21 heavy (non-hydrogen) atoms. The second-order valence-corrected chi connectivity index (χ2v) is 5.92. The molecular formula is C17H24N4. The maximum atomic E-state index is 4.26. The second-order valence-electron chi connectivity index (χ2n) is 5.92. The molecule has 1 saturated heterocycles. The molecule has 0 saturated carbocycles. The molecule has 1 aromatic heterocycles. The van der Waals surface area contributed by atoms with E-state index >= 15 is 0 Å². The number of hydrogen-bond acceptors (Lipinski definition) is 3. The van der Waals surface area contributed by atoms with E-state index in [1.54, 1.807) is 0 Å². The van der Waals surface area contributed by atoms with Gasteiger partial charge in [-0.15, -0.1) is 0 Å². The summed E-state index contributed by atoms with van der Waals surface area (Å²) >= 11 is 0. The van der Waals surface area contributed by atoms with Crippen molar-refractivity contribution in [2.24, 2.45) is 0 Å². The lowest BCUT2D eigenvalue weighted by Gasteiger charge is -2.32. The lowest BCUT2D eigenvalue weighted by Crippen LogP contribution is -2.40. The third kappa shape index (κ3) is 3.85. The Bertz CT molecular complexity index is 550. The molecule has 1 fully saturated rings. The molecule has 2 heterocycles. The zero-order valence-corrected chi connectivity index (χ0v) is 12.7. The topological polar surface area (TPSA) is 33.1 Å². The number of aromatic nitrogens is 2. The van der Waals surface area contributed by atoms with Gasteiger partial charge in [0.2, 0.25) is 0 Å². The van der Waals surface area contributed by atoms with Gasteiger partial charge in [0.1, 0.15) is 0 Å². The van der Waals surface area contributed by atoms with Crippen LogP contribution in [0, 0.1) is 0 Å². The van der Waals surface area contributed by atoms with E-state index < -0.39 is 0 Å². The van der Waals surface area contributed by atoms with Gasteiger partial charge in [0.25, 0.3) is 0 Å². The Labute approximate surface area is 126 Å². The van der Waals surface area contributed by atoms with E-state index in [1.807, 2.05) is 23.1 Å². The van der Waals surface area contributed by atoms with Crippen LogP contribution in [-0.2, 0) is 6.54 Å². The number of benzene rings is 1. The van der Waals surface area contributed by atoms with Crippen LogP contribution in [0.15, 0.2) is 42.7 Å². The number of nitrogens with one attached hydrogen (secondary N) is 1. The van der Waals surface area contributed by atoms with Crippen LogP contribution in [-0.4, -0.2) is 40.9 Å². The Morgan fingerprint density at radius 2 is 2.24 bits per heavy atom. The van der Waals surface area contributed by atoms with Crippen molar-refractivity contribution >= 4 is 5.69 Å². The molecule has 0 radical (unpaired) electrons. The van der Waals surface area contributed by atoms with Gasteiger partial charge in [-0.3, -0.25) is 4.68 Å². The second kappa shape index (κ2) is 6.76. The van der Waals surface area contributed by atoms with Crippen molar-refractivity contribution in [2.75, 3.05) is 25.5 Å². The summed E-state index contributed by atoms with van der Waals surface area (Å²) in [5.74, 6) is 0. The van der Waals surface area contributed by atoms with Crippen molar-refractivity contribution in [1.29, 1.82) is 0 Å². The molecule has 0 amide bonds. The first-order valence-electron chi connectivity index (χ1n) is 7.82. The molecule has 1 unspecified atom stereocenters. The van der Waals surface area contributed by atoms with Crippen LogP contribution < -0.4 is 5.32 Å². The smallest absolute Gasteiger partial charge is 0.0660 e. The first kappa shape index (κ1) is 14.1. The molecule has 3 rings (SSSR count). The molecule has 0 bridgehead atoms. The van der Waals surface area contributed by atoms with Gasteiger partial charge in [-0.1, -0.05) is 18.6 Å². The molecule has 1 N–H and O–H groups in total. The van der Waals surface area contributed by atoms with Crippen LogP contribution in [0.1, 0.15) is 24.8 Å². The van der Waals surface area contributed by atoms with Crippen LogP contribution in [0.2, 0.25) is 0 Å². The maximum absolute atomic E-state index is 4.26. The molecule has 0 spiro atoms. The predicted octanol–water partition coefficient (Wildman–Crippen LogP) is 2.83. The number of nitrogens with zero attached hydrogens (tertiary/aromatic N) is 3. The average molecular weight is 284 g/mol. The van der Waals surface area contributed by atoms with Crippen molar-refractivity contribution in [3.05, 3.63) is 48.3 Å². The van der Waals surface area contributed by atoms with Gasteiger partial charge in [0.15, 0.2) is 0 Å². The molecule has 4 nitrogen and oxygen atoms in total. The Hall–Kier alpha value is -1.81. The van der Waals surface area contributed by atoms with Crippen molar-refractivity contribution in [3.8, 4) is 0 Å². The molecule has 1 aromatic carbocycles. The number of likely N-dealkylation sites (tertiary alicyclic amines) is 1. The number of rotatable bonds is 5. The Morgan fingerprint density at radius 1 is 1.29 bits per heavy atom. The van der Waals surface area contributed by atoms with Crippen LogP contribution in [0.25, 0.3) is 0 Å². The fourth-order valence-electron chi connectivity index (χ4n) is 3.00. The van der Waals surface area contributed by atoms with Gasteiger partial charge >= 0.3 is 0 Å². The minimum atomic E-state index is 0.661. The summed E-state index contributed by atoms with van der Waals surface area (Å²) in [5, 5.41) is 7.85. The largest absolute Gasteiger partial charge is 0.383 e. The van der Waals surface area contributed by atoms with E-state index in [1.165, 1.54) is 37.1 Å². The standard InChI is InChI=1S/C17H24N4/c1-20-10-3-2-8-17(20)13-18-16-7-4-6-15(12-16)14-21-11-5-9-19-21/h4-7,9,11-12,17-18H,2-3,8,10,13-14H2,1H3. The molecule has 2 aromatic rings. The third-order valence-electron chi connectivity index (χ3n) is 4.29. The van der Waals surface area contributed by atoms with E-state index in [-0.39, 0.29) is 0 Å². The van der Waals surface area contributed by atoms with E-state index in [9.17, 15) is 0 Å². The SMILES string of the molecule is CN1CCCCC1CNc1cccc(Cn2cccn2)c1. The maximum Gasteiger partial charge on any atom is 0.0660 e. The van der Waals surface area contributed by atoms with Crippen LogP contribution in [0.4, 0.5) is 5.69 Å². The van der Waals surface area contributed by atoms with Crippen LogP contribution in [0.3, 0.4) is 0 Å². The van der Waals surface area contributed by atoms with E-state index in [0.29, 0.717) is 6.04 Å². The fourth-order valence-corrected chi connectivity index (χ4v) is 3.00. The first-order chi connectivity index (χ1) is 10.3. The molecule has 1 aliphatic heterocycles. The Kier molecular flexibility index (Phi) is 4.55. The zero-order valence-electron chi connectivity index (χ0n) is 12.7. The quantitative estimate of drug-likeness (QED) is 0.916. The number of piperidine rings is 1. The minimum Gasteiger partial charge on any atom is -0.383 e. The summed E-state index contributed by atoms with van der Waals surface area (Å²) in [6, 6.07) is 11.3. The predicted molar refractivity (Wildman–Crippen MR) is 86.5 cm³/mol. The number of likely N-dealkylation sites (N-methyl/N-ethyl adjacent to an activating group) is 1. The summed E-state index contributed by atoms with van der Waals surface area (Å²) < 4.78 is 1.95. The normalized spacial score (nSPS) is 19.6. The summed E-state index contributed by atoms with van der Waals surface area (Å²) in [6.45, 7) is 3.08. The fraction of sp³-hybridized carbons (Fsp3) is 0.471. The summed E-state index contributed by atoms with van der Waals surface area (Å²) in [4.78, 5) is 2.48. The zero-order chi connectivity index (χ0) is 14.5. The van der Waals surface area contributed by atoms with E-state index in [0.717, 1.165) is 13.1 Å². The molecule has 1 aliphatic rings. The number of anilines is 1. The Morgan fingerprint density at radius 3 is 3.05 bits per heavy atom. The van der Waals surface area contributed by atoms with Gasteiger partial charge in [-0.2, -0.15) is 5.10 Å². The highest BCUT2D eigenvalue weighted by atomic mass is 15.3. The Balaban J connectivity index is 1.58. The lowest BCUT2D eigenvalue weighted by molar-refractivity contribution is 0.194. The average Bonchev–Trinajstić information content (AvgIpc) is 3.00. The molecule has 112 valence electrons. The van der Waals surface area contributed by atoms with Gasteiger partial charge in [-0.05, 0) is 50.2 Å². The van der Waals surface area contributed by atoms with E-state index in [2.05, 4.69) is 46.6 Å². The summed E-state index contributed by atoms with van der Waals surface area (Å²) in [7, 11) is 2.24. The van der Waals surface area contributed by atoms with Crippen LogP contribution >= 0.6 is 0 Å². The summed E-state index contributed by atoms with van der Waals surface area (Å²) in [6.07, 6.45) is 7.82. The van der Waals surface area contributed by atoms with Crippen LogP contribution in [0.5, 0.6) is 0 Å². The molecule has 1 atom stereocenters. The first-order valence-corrected chi connectivity index (χ1v) is 7.82. The van der Waals surface area contributed by atoms with Crippen molar-refractivity contribution < 1.29 is 0 Å². The van der Waals surface area contributed by atoms with E-state index in [4.69, 9.17) is 0 Å². The van der Waals surface area contributed by atoms with Gasteiger partial charge in [-0.25, -0.2) is 0 Å². The highest BCUT2D eigenvalue weighted by molar-refractivity contribution is 5.45. The monoisotopic (exact) mass is 284 g/mol. The third-order valence-corrected chi connectivity index (χ3v) is 4.29. The molecule has 0 aliphatic carbocycles. The van der Waals surface area contributed by atoms with Crippen molar-refractivity contribution in [1.82, 2.24) is 14.7 Å².